The second kappa shape index (κ2) is 7.74. The molecular formula is C14H28O4. The molecule has 0 amide bonds. The van der Waals surface area contributed by atoms with E-state index in [1.807, 2.05) is 13.8 Å². The fraction of sp³-hybridized carbons (Fsp3) is 0.929. The first kappa shape index (κ1) is 17.4. The maximum Gasteiger partial charge on any atom is 0.345 e. The summed E-state index contributed by atoms with van der Waals surface area (Å²) in [6.07, 6.45) is 4.22. The molecule has 4 nitrogen and oxygen atoms in total. The SMILES string of the molecule is CCCCCC(=O)OOOC(C)(C)C(C)(C)CC. The van der Waals surface area contributed by atoms with Gasteiger partial charge in [0.15, 0.2) is 0 Å². The molecule has 0 saturated heterocycles. The van der Waals surface area contributed by atoms with Crippen molar-refractivity contribution >= 4 is 5.97 Å². The minimum atomic E-state index is -0.522. The maximum absolute atomic E-state index is 11.3. The molecule has 0 spiro atoms. The van der Waals surface area contributed by atoms with E-state index >= 15 is 0 Å². The first-order valence-corrected chi connectivity index (χ1v) is 6.82. The Bertz CT molecular complexity index is 246. The summed E-state index contributed by atoms with van der Waals surface area (Å²) < 4.78 is 0. The highest BCUT2D eigenvalue weighted by atomic mass is 17.5. The Hall–Kier alpha value is -0.610. The molecule has 0 aromatic heterocycles. The van der Waals surface area contributed by atoms with E-state index in [9.17, 15) is 4.79 Å². The van der Waals surface area contributed by atoms with Gasteiger partial charge in [0.05, 0.1) is 0 Å². The number of hydrogen-bond acceptors (Lipinski definition) is 4. The van der Waals surface area contributed by atoms with Gasteiger partial charge in [0, 0.05) is 6.42 Å². The quantitative estimate of drug-likeness (QED) is 0.354. The van der Waals surface area contributed by atoms with Gasteiger partial charge in [-0.25, -0.2) is 4.79 Å². The van der Waals surface area contributed by atoms with E-state index in [0.717, 1.165) is 25.7 Å². The zero-order valence-electron chi connectivity index (χ0n) is 12.7. The number of rotatable bonds is 9. The van der Waals surface area contributed by atoms with Crippen molar-refractivity contribution in [3.8, 4) is 0 Å². The Kier molecular flexibility index (Phi) is 7.48. The van der Waals surface area contributed by atoms with Gasteiger partial charge in [-0.1, -0.05) is 40.5 Å². The molecule has 0 rings (SSSR count). The van der Waals surface area contributed by atoms with Gasteiger partial charge in [-0.15, -0.1) is 0 Å². The predicted octanol–water partition coefficient (Wildman–Crippen LogP) is 4.19. The number of hydrogen-bond donors (Lipinski definition) is 0. The van der Waals surface area contributed by atoms with Crippen molar-refractivity contribution in [2.24, 2.45) is 5.41 Å². The lowest BCUT2D eigenvalue weighted by Gasteiger charge is -2.38. The molecule has 0 aromatic rings. The third-order valence-electron chi connectivity index (χ3n) is 3.87. The van der Waals surface area contributed by atoms with Crippen LogP contribution in [0.25, 0.3) is 0 Å². The van der Waals surface area contributed by atoms with Gasteiger partial charge < -0.3 is 0 Å². The van der Waals surface area contributed by atoms with E-state index in [1.165, 1.54) is 0 Å². The highest BCUT2D eigenvalue weighted by molar-refractivity contribution is 5.68. The minimum Gasteiger partial charge on any atom is -0.269 e. The van der Waals surface area contributed by atoms with Crippen molar-refractivity contribution in [2.75, 3.05) is 0 Å². The summed E-state index contributed by atoms with van der Waals surface area (Å²) in [5, 5.41) is 4.63. The van der Waals surface area contributed by atoms with Crippen molar-refractivity contribution in [1.29, 1.82) is 0 Å². The Morgan fingerprint density at radius 1 is 1.06 bits per heavy atom. The second-order valence-corrected chi connectivity index (χ2v) is 5.81. The first-order valence-electron chi connectivity index (χ1n) is 6.82. The lowest BCUT2D eigenvalue weighted by atomic mass is 9.75. The summed E-state index contributed by atoms with van der Waals surface area (Å²) in [7, 11) is 0. The van der Waals surface area contributed by atoms with E-state index < -0.39 is 5.60 Å². The fourth-order valence-corrected chi connectivity index (χ4v) is 1.24. The van der Waals surface area contributed by atoms with Crippen LogP contribution in [0.3, 0.4) is 0 Å². The summed E-state index contributed by atoms with van der Waals surface area (Å²) in [5.41, 5.74) is -0.590. The van der Waals surface area contributed by atoms with Gasteiger partial charge in [-0.3, -0.25) is 4.89 Å². The fourth-order valence-electron chi connectivity index (χ4n) is 1.24. The van der Waals surface area contributed by atoms with Crippen LogP contribution < -0.4 is 0 Å². The zero-order valence-corrected chi connectivity index (χ0v) is 12.7. The van der Waals surface area contributed by atoms with Crippen molar-refractivity contribution in [3.63, 3.8) is 0 Å². The van der Waals surface area contributed by atoms with Crippen LogP contribution in [-0.2, 0) is 19.6 Å². The maximum atomic E-state index is 11.3. The molecule has 0 aliphatic rings. The molecule has 0 N–H and O–H groups in total. The Labute approximate surface area is 111 Å². The molecule has 0 saturated carbocycles. The van der Waals surface area contributed by atoms with Crippen LogP contribution in [0.15, 0.2) is 0 Å². The van der Waals surface area contributed by atoms with Crippen LogP contribution in [0.2, 0.25) is 0 Å². The van der Waals surface area contributed by atoms with E-state index in [2.05, 4.69) is 37.6 Å². The van der Waals surface area contributed by atoms with E-state index in [-0.39, 0.29) is 11.4 Å². The topological polar surface area (TPSA) is 44.8 Å². The number of carbonyl (C=O) groups excluding carboxylic acids is 1. The van der Waals surface area contributed by atoms with Crippen LogP contribution >= 0.6 is 0 Å². The Morgan fingerprint density at radius 3 is 2.17 bits per heavy atom. The van der Waals surface area contributed by atoms with Crippen LogP contribution in [0.5, 0.6) is 0 Å². The average Bonchev–Trinajstić information content (AvgIpc) is 2.29. The third-order valence-corrected chi connectivity index (χ3v) is 3.87. The molecular weight excluding hydrogens is 232 g/mol. The van der Waals surface area contributed by atoms with Crippen molar-refractivity contribution in [1.82, 2.24) is 0 Å². The van der Waals surface area contributed by atoms with Gasteiger partial charge in [-0.2, -0.15) is 4.89 Å². The minimum absolute atomic E-state index is 0.0678. The Morgan fingerprint density at radius 2 is 1.67 bits per heavy atom. The Balaban J connectivity index is 3.93. The largest absolute Gasteiger partial charge is 0.345 e. The number of carbonyl (C=O) groups is 1. The molecule has 0 heterocycles. The summed E-state index contributed by atoms with van der Waals surface area (Å²) in [6.45, 7) is 12.2. The molecule has 0 radical (unpaired) electrons. The van der Waals surface area contributed by atoms with Crippen molar-refractivity contribution in [3.05, 3.63) is 0 Å². The van der Waals surface area contributed by atoms with E-state index in [1.54, 1.807) is 0 Å². The van der Waals surface area contributed by atoms with Crippen LogP contribution in [-0.4, -0.2) is 11.6 Å². The second-order valence-electron chi connectivity index (χ2n) is 5.81. The first-order chi connectivity index (χ1) is 8.27. The van der Waals surface area contributed by atoms with E-state index in [4.69, 9.17) is 4.89 Å². The summed E-state index contributed by atoms with van der Waals surface area (Å²) in [5.74, 6) is -0.381. The number of unbranched alkanes of at least 4 members (excludes halogenated alkanes) is 2. The van der Waals surface area contributed by atoms with Crippen LogP contribution in [0.4, 0.5) is 0 Å². The van der Waals surface area contributed by atoms with Gasteiger partial charge in [-0.05, 0) is 37.1 Å². The molecule has 0 fully saturated rings. The molecule has 0 aliphatic heterocycles. The van der Waals surface area contributed by atoms with Crippen LogP contribution in [0.1, 0.15) is 73.6 Å². The van der Waals surface area contributed by atoms with Gasteiger partial charge in [0.1, 0.15) is 5.60 Å². The average molecular weight is 260 g/mol. The zero-order chi connectivity index (χ0) is 14.2. The molecule has 0 unspecified atom stereocenters. The molecule has 0 bridgehead atoms. The molecule has 4 heteroatoms. The molecule has 108 valence electrons. The van der Waals surface area contributed by atoms with Gasteiger partial charge >= 0.3 is 5.97 Å². The lowest BCUT2D eigenvalue weighted by molar-refractivity contribution is -0.526. The van der Waals surface area contributed by atoms with Gasteiger partial charge in [0.2, 0.25) is 0 Å². The van der Waals surface area contributed by atoms with Gasteiger partial charge in [0.25, 0.3) is 0 Å². The highest BCUT2D eigenvalue weighted by Crippen LogP contribution is 2.36. The molecule has 0 aliphatic carbocycles. The monoisotopic (exact) mass is 260 g/mol. The van der Waals surface area contributed by atoms with E-state index in [0.29, 0.717) is 6.42 Å². The third kappa shape index (κ3) is 5.83. The smallest absolute Gasteiger partial charge is 0.269 e. The van der Waals surface area contributed by atoms with Crippen molar-refractivity contribution < 1.29 is 19.6 Å². The molecule has 0 aromatic carbocycles. The predicted molar refractivity (Wildman–Crippen MR) is 70.6 cm³/mol. The summed E-state index contributed by atoms with van der Waals surface area (Å²) in [6, 6.07) is 0. The van der Waals surface area contributed by atoms with Crippen LogP contribution in [0, 0.1) is 5.41 Å². The standard InChI is InChI=1S/C14H28O4/c1-7-9-10-11-12(15)16-18-17-14(5,6)13(3,4)8-2/h7-11H2,1-6H3. The molecule has 0 atom stereocenters. The highest BCUT2D eigenvalue weighted by Gasteiger charge is 2.38. The molecule has 18 heavy (non-hydrogen) atoms. The summed E-state index contributed by atoms with van der Waals surface area (Å²) in [4.78, 5) is 21.1. The lowest BCUT2D eigenvalue weighted by Crippen LogP contribution is -2.41. The summed E-state index contributed by atoms with van der Waals surface area (Å²) >= 11 is 0. The normalized spacial score (nSPS) is 12.6. The van der Waals surface area contributed by atoms with Crippen molar-refractivity contribution in [2.45, 2.75) is 79.2 Å².